The molecule has 0 unspecified atom stereocenters. The Kier molecular flexibility index (Phi) is 8.12. The van der Waals surface area contributed by atoms with Gasteiger partial charge in [0, 0.05) is 18.5 Å². The fraction of sp³-hybridized carbons (Fsp3) is 0.667. The first-order chi connectivity index (χ1) is 10.1. The molecule has 1 N–H and O–H groups in total. The van der Waals surface area contributed by atoms with Gasteiger partial charge in [0.2, 0.25) is 0 Å². The van der Waals surface area contributed by atoms with Gasteiger partial charge in [-0.05, 0) is 26.7 Å². The maximum atomic E-state index is 11.5. The van der Waals surface area contributed by atoms with Crippen molar-refractivity contribution in [2.24, 2.45) is 0 Å². The van der Waals surface area contributed by atoms with Crippen molar-refractivity contribution in [1.82, 2.24) is 9.97 Å². The van der Waals surface area contributed by atoms with Crippen molar-refractivity contribution in [3.63, 3.8) is 0 Å². The van der Waals surface area contributed by atoms with E-state index in [2.05, 4.69) is 29.1 Å². The van der Waals surface area contributed by atoms with Gasteiger partial charge in [-0.1, -0.05) is 25.6 Å². The van der Waals surface area contributed by atoms with Crippen LogP contribution >= 0.6 is 11.8 Å². The van der Waals surface area contributed by atoms with Crippen molar-refractivity contribution in [1.29, 1.82) is 0 Å². The molecule has 1 aromatic heterocycles. The number of thioether (sulfide) groups is 1. The van der Waals surface area contributed by atoms with Crippen LogP contribution in [0.2, 0.25) is 0 Å². The molecule has 0 fully saturated rings. The second kappa shape index (κ2) is 9.60. The number of hydrogen-bond donors (Lipinski definition) is 1. The van der Waals surface area contributed by atoms with E-state index in [1.165, 1.54) is 11.8 Å². The van der Waals surface area contributed by atoms with Crippen LogP contribution in [-0.4, -0.2) is 34.8 Å². The SMILES string of the molecule is CCCNc1nc(CCC)nc(SCC(=O)OCC)c1C. The van der Waals surface area contributed by atoms with Crippen LogP contribution in [0.5, 0.6) is 0 Å². The van der Waals surface area contributed by atoms with Crippen molar-refractivity contribution in [2.75, 3.05) is 24.2 Å². The number of hydrogen-bond acceptors (Lipinski definition) is 6. The molecule has 0 saturated heterocycles. The van der Waals surface area contributed by atoms with Gasteiger partial charge in [0.15, 0.2) is 0 Å². The number of rotatable bonds is 9. The van der Waals surface area contributed by atoms with E-state index in [0.717, 1.165) is 48.0 Å². The van der Waals surface area contributed by atoms with Crippen LogP contribution in [0.15, 0.2) is 5.03 Å². The van der Waals surface area contributed by atoms with Crippen LogP contribution in [0.4, 0.5) is 5.82 Å². The average Bonchev–Trinajstić information content (AvgIpc) is 2.46. The van der Waals surface area contributed by atoms with E-state index < -0.39 is 0 Å². The molecule has 0 radical (unpaired) electrons. The zero-order chi connectivity index (χ0) is 15.7. The molecule has 6 heteroatoms. The highest BCUT2D eigenvalue weighted by molar-refractivity contribution is 7.99. The highest BCUT2D eigenvalue weighted by Gasteiger charge is 2.13. The van der Waals surface area contributed by atoms with E-state index in [4.69, 9.17) is 4.74 Å². The molecule has 0 aliphatic heterocycles. The molecule has 21 heavy (non-hydrogen) atoms. The van der Waals surface area contributed by atoms with Crippen molar-refractivity contribution in [3.05, 3.63) is 11.4 Å². The number of aromatic nitrogens is 2. The van der Waals surface area contributed by atoms with Gasteiger partial charge in [-0.3, -0.25) is 4.79 Å². The molecular formula is C15H25N3O2S. The molecule has 0 aromatic carbocycles. The number of anilines is 1. The summed E-state index contributed by atoms with van der Waals surface area (Å²) in [5.74, 6) is 1.78. The first-order valence-corrected chi connectivity index (χ1v) is 8.50. The summed E-state index contributed by atoms with van der Waals surface area (Å²) in [4.78, 5) is 20.6. The van der Waals surface area contributed by atoms with Crippen molar-refractivity contribution in [2.45, 2.75) is 52.0 Å². The maximum absolute atomic E-state index is 11.5. The van der Waals surface area contributed by atoms with Crippen molar-refractivity contribution in [3.8, 4) is 0 Å². The summed E-state index contributed by atoms with van der Waals surface area (Å²) in [5, 5.41) is 4.20. The Bertz CT molecular complexity index is 466. The predicted octanol–water partition coefficient (Wildman–Crippen LogP) is 3.21. The van der Waals surface area contributed by atoms with E-state index in [1.807, 2.05) is 13.8 Å². The number of nitrogens with zero attached hydrogens (tertiary/aromatic N) is 2. The fourth-order valence-electron chi connectivity index (χ4n) is 1.76. The van der Waals surface area contributed by atoms with E-state index >= 15 is 0 Å². The molecule has 0 atom stereocenters. The normalized spacial score (nSPS) is 10.5. The van der Waals surface area contributed by atoms with E-state index in [1.54, 1.807) is 0 Å². The smallest absolute Gasteiger partial charge is 0.316 e. The zero-order valence-electron chi connectivity index (χ0n) is 13.4. The van der Waals surface area contributed by atoms with E-state index in [0.29, 0.717) is 6.61 Å². The number of esters is 1. The van der Waals surface area contributed by atoms with Gasteiger partial charge in [0.05, 0.1) is 12.4 Å². The van der Waals surface area contributed by atoms with Crippen molar-refractivity contribution < 1.29 is 9.53 Å². The van der Waals surface area contributed by atoms with Crippen molar-refractivity contribution >= 4 is 23.5 Å². The van der Waals surface area contributed by atoms with Crippen LogP contribution < -0.4 is 5.32 Å². The molecular weight excluding hydrogens is 286 g/mol. The zero-order valence-corrected chi connectivity index (χ0v) is 14.2. The Morgan fingerprint density at radius 3 is 2.62 bits per heavy atom. The van der Waals surface area contributed by atoms with E-state index in [9.17, 15) is 4.79 Å². The summed E-state index contributed by atoms with van der Waals surface area (Å²) in [6, 6.07) is 0. The molecule has 1 rings (SSSR count). The summed E-state index contributed by atoms with van der Waals surface area (Å²) in [7, 11) is 0. The number of aryl methyl sites for hydroxylation is 1. The van der Waals surface area contributed by atoms with Gasteiger partial charge in [-0.25, -0.2) is 9.97 Å². The van der Waals surface area contributed by atoms with Gasteiger partial charge in [0.1, 0.15) is 16.7 Å². The molecule has 1 heterocycles. The minimum atomic E-state index is -0.208. The second-order valence-corrected chi connectivity index (χ2v) is 5.65. The first kappa shape index (κ1) is 17.8. The molecule has 1 aromatic rings. The lowest BCUT2D eigenvalue weighted by atomic mass is 10.3. The Labute approximate surface area is 131 Å². The lowest BCUT2D eigenvalue weighted by Gasteiger charge is -2.13. The Morgan fingerprint density at radius 2 is 2.00 bits per heavy atom. The summed E-state index contributed by atoms with van der Waals surface area (Å²) >= 11 is 1.42. The third kappa shape index (κ3) is 5.91. The quantitative estimate of drug-likeness (QED) is 0.429. The molecule has 0 saturated carbocycles. The molecule has 0 aliphatic carbocycles. The summed E-state index contributed by atoms with van der Waals surface area (Å²) in [6.45, 7) is 9.31. The fourth-order valence-corrected chi connectivity index (χ4v) is 2.58. The minimum Gasteiger partial charge on any atom is -0.465 e. The molecule has 5 nitrogen and oxygen atoms in total. The topological polar surface area (TPSA) is 64.1 Å². The summed E-state index contributed by atoms with van der Waals surface area (Å²) in [5.41, 5.74) is 0.998. The lowest BCUT2D eigenvalue weighted by Crippen LogP contribution is -2.10. The average molecular weight is 311 g/mol. The predicted molar refractivity (Wildman–Crippen MR) is 86.9 cm³/mol. The van der Waals surface area contributed by atoms with Crippen LogP contribution in [0.25, 0.3) is 0 Å². The summed E-state index contributed by atoms with van der Waals surface area (Å²) in [6.07, 6.45) is 2.88. The third-order valence-electron chi connectivity index (χ3n) is 2.80. The Morgan fingerprint density at radius 1 is 1.24 bits per heavy atom. The maximum Gasteiger partial charge on any atom is 0.316 e. The largest absolute Gasteiger partial charge is 0.465 e. The first-order valence-electron chi connectivity index (χ1n) is 7.52. The molecule has 118 valence electrons. The molecule has 0 amide bonds. The third-order valence-corrected chi connectivity index (χ3v) is 3.85. The van der Waals surface area contributed by atoms with Crippen LogP contribution in [0, 0.1) is 6.92 Å². The lowest BCUT2D eigenvalue weighted by molar-refractivity contribution is -0.139. The highest BCUT2D eigenvalue weighted by Crippen LogP contribution is 2.25. The van der Waals surface area contributed by atoms with Gasteiger partial charge in [0.25, 0.3) is 0 Å². The van der Waals surface area contributed by atoms with Gasteiger partial charge < -0.3 is 10.1 Å². The van der Waals surface area contributed by atoms with Crippen LogP contribution in [0.3, 0.4) is 0 Å². The van der Waals surface area contributed by atoms with Crippen LogP contribution in [0.1, 0.15) is 45.0 Å². The minimum absolute atomic E-state index is 0.208. The van der Waals surface area contributed by atoms with Gasteiger partial charge >= 0.3 is 5.97 Å². The molecule has 0 spiro atoms. The number of ether oxygens (including phenoxy) is 1. The number of carbonyl (C=O) groups excluding carboxylic acids is 1. The monoisotopic (exact) mass is 311 g/mol. The number of carbonyl (C=O) groups is 1. The second-order valence-electron chi connectivity index (χ2n) is 4.69. The van der Waals surface area contributed by atoms with E-state index in [-0.39, 0.29) is 11.7 Å². The van der Waals surface area contributed by atoms with Crippen LogP contribution in [-0.2, 0) is 16.0 Å². The van der Waals surface area contributed by atoms with Gasteiger partial charge in [-0.15, -0.1) is 0 Å². The molecule has 0 aliphatic rings. The standard InChI is InChI=1S/C15H25N3O2S/c1-5-8-12-17-14(16-9-6-2)11(4)15(18-12)21-10-13(19)20-7-3/h5-10H2,1-4H3,(H,16,17,18). The van der Waals surface area contributed by atoms with Gasteiger partial charge in [-0.2, -0.15) is 0 Å². The number of nitrogens with one attached hydrogen (secondary N) is 1. The Balaban J connectivity index is 2.88. The highest BCUT2D eigenvalue weighted by atomic mass is 32.2. The Hall–Kier alpha value is -1.30. The molecule has 0 bridgehead atoms. The summed E-state index contributed by atoms with van der Waals surface area (Å²) < 4.78 is 4.96.